The van der Waals surface area contributed by atoms with Crippen molar-refractivity contribution in [3.05, 3.63) is 41.1 Å². The molecule has 2 fully saturated rings. The van der Waals surface area contributed by atoms with E-state index in [1.807, 2.05) is 0 Å². The normalized spacial score (nSPS) is 24.1. The van der Waals surface area contributed by atoms with Crippen molar-refractivity contribution < 1.29 is 34.0 Å². The molecule has 2 unspecified atom stereocenters. The van der Waals surface area contributed by atoms with Gasteiger partial charge in [-0.3, -0.25) is 9.36 Å². The second-order valence-corrected chi connectivity index (χ2v) is 10.6. The number of nitrogens with zero attached hydrogens (tertiary/aromatic N) is 6. The third kappa shape index (κ3) is 4.41. The van der Waals surface area contributed by atoms with Crippen LogP contribution in [0.5, 0.6) is 0 Å². The summed E-state index contributed by atoms with van der Waals surface area (Å²) in [6.07, 6.45) is -1.46. The van der Waals surface area contributed by atoms with Crippen molar-refractivity contribution in [3.63, 3.8) is 0 Å². The van der Waals surface area contributed by atoms with Gasteiger partial charge < -0.3 is 36.4 Å². The maximum absolute atomic E-state index is 13.8. The van der Waals surface area contributed by atoms with E-state index in [0.717, 1.165) is 0 Å². The molecular weight excluding hydrogens is 557 g/mol. The summed E-state index contributed by atoms with van der Waals surface area (Å²) in [5.74, 6) is -0.214. The SMILES string of the molecule is COC(=O)NC1CCC(n2c(=O)n(C(O)(O)O)c3cnc(Nc4ccc5cnn(C6(C(N)=O)CC(F)C6)c5n4)cc32)C1. The van der Waals surface area contributed by atoms with Gasteiger partial charge in [0.25, 0.3) is 0 Å². The lowest BCUT2D eigenvalue weighted by molar-refractivity contribution is -0.374. The van der Waals surface area contributed by atoms with Crippen LogP contribution < -0.4 is 22.1 Å². The molecule has 0 saturated heterocycles. The molecule has 222 valence electrons. The number of nitrogens with two attached hydrogens (primary N) is 1. The van der Waals surface area contributed by atoms with Gasteiger partial charge in [0.05, 0.1) is 30.5 Å². The Bertz CT molecular complexity index is 1770. The first-order valence-corrected chi connectivity index (χ1v) is 13.1. The molecule has 4 aromatic heterocycles. The summed E-state index contributed by atoms with van der Waals surface area (Å²) in [6, 6.07) is 4.06. The number of alkyl halides is 1. The van der Waals surface area contributed by atoms with Crippen LogP contribution in [0.2, 0.25) is 0 Å². The second kappa shape index (κ2) is 9.74. The first-order valence-electron chi connectivity index (χ1n) is 13.1. The van der Waals surface area contributed by atoms with E-state index in [0.29, 0.717) is 34.9 Å². The standard InChI is InChI=1S/C25H28FN9O7/c1-42-22(37)30-14-3-4-15(6-14)33-16-7-19(28-11-17(16)34(23(33)38)25(39,40)41)31-18-5-2-12-10-29-35(20(12)32-18)24(21(27)36)8-13(26)9-24/h2,5,7,10-11,13-15,39-41H,3-4,6,8-9H2,1H3,(H2,27,36)(H,30,37)(H,28,31,32). The van der Waals surface area contributed by atoms with Crippen LogP contribution >= 0.6 is 0 Å². The minimum Gasteiger partial charge on any atom is -0.453 e. The first-order chi connectivity index (χ1) is 19.9. The van der Waals surface area contributed by atoms with Crippen molar-refractivity contribution in [1.82, 2.24) is 34.2 Å². The van der Waals surface area contributed by atoms with E-state index in [1.54, 1.807) is 12.1 Å². The van der Waals surface area contributed by atoms with Crippen molar-refractivity contribution in [2.45, 2.75) is 62.0 Å². The zero-order chi connectivity index (χ0) is 30.0. The number of nitrogens with one attached hydrogen (secondary N) is 2. The van der Waals surface area contributed by atoms with E-state index in [9.17, 15) is 34.1 Å². The first kappa shape index (κ1) is 27.6. The summed E-state index contributed by atoms with van der Waals surface area (Å²) < 4.78 is 21.5. The van der Waals surface area contributed by atoms with Crippen molar-refractivity contribution in [1.29, 1.82) is 0 Å². The van der Waals surface area contributed by atoms with E-state index < -0.39 is 41.5 Å². The average molecular weight is 586 g/mol. The Hall–Kier alpha value is -4.61. The highest BCUT2D eigenvalue weighted by Crippen LogP contribution is 2.42. The van der Waals surface area contributed by atoms with Crippen LogP contribution in [0.15, 0.2) is 35.4 Å². The Morgan fingerprint density at radius 3 is 2.60 bits per heavy atom. The van der Waals surface area contributed by atoms with Gasteiger partial charge in [-0.1, -0.05) is 0 Å². The number of fused-ring (bicyclic) bond motifs is 2. The molecule has 4 heterocycles. The van der Waals surface area contributed by atoms with E-state index >= 15 is 0 Å². The number of rotatable bonds is 7. The third-order valence-corrected chi connectivity index (χ3v) is 7.99. The van der Waals surface area contributed by atoms with Crippen molar-refractivity contribution >= 4 is 45.7 Å². The average Bonchev–Trinajstić information content (AvgIpc) is 3.61. The fourth-order valence-corrected chi connectivity index (χ4v) is 5.95. The monoisotopic (exact) mass is 585 g/mol. The molecule has 2 atom stereocenters. The Labute approximate surface area is 235 Å². The Balaban J connectivity index is 1.37. The van der Waals surface area contributed by atoms with Gasteiger partial charge in [0.1, 0.15) is 23.3 Å². The quantitative estimate of drug-likeness (QED) is 0.158. The minimum atomic E-state index is -3.50. The molecule has 2 amide bonds. The number of primary amides is 1. The number of ether oxygens (including phenoxy) is 1. The number of alkyl carbamates (subject to hydrolysis) is 1. The van der Waals surface area contributed by atoms with Crippen LogP contribution in [0, 0.1) is 0 Å². The number of hydrogen-bond donors (Lipinski definition) is 6. The van der Waals surface area contributed by atoms with Gasteiger partial charge in [0.15, 0.2) is 5.65 Å². The number of amides is 2. The molecule has 0 radical (unpaired) electrons. The molecule has 0 aromatic carbocycles. The highest BCUT2D eigenvalue weighted by molar-refractivity contribution is 5.87. The lowest BCUT2D eigenvalue weighted by atomic mass is 9.74. The van der Waals surface area contributed by atoms with Crippen molar-refractivity contribution in [3.8, 4) is 0 Å². The Morgan fingerprint density at radius 2 is 1.93 bits per heavy atom. The molecule has 16 nitrogen and oxygen atoms in total. The summed E-state index contributed by atoms with van der Waals surface area (Å²) in [6.45, 7) is 0. The van der Waals surface area contributed by atoms with Gasteiger partial charge in [-0.15, -0.1) is 0 Å². The number of methoxy groups -OCH3 is 1. The Morgan fingerprint density at radius 1 is 1.17 bits per heavy atom. The predicted molar refractivity (Wildman–Crippen MR) is 143 cm³/mol. The summed E-state index contributed by atoms with van der Waals surface area (Å²) in [7, 11) is 1.24. The molecule has 0 aliphatic heterocycles. The second-order valence-electron chi connectivity index (χ2n) is 10.6. The lowest BCUT2D eigenvalue weighted by Crippen LogP contribution is -2.57. The lowest BCUT2D eigenvalue weighted by Gasteiger charge is -2.41. The van der Waals surface area contributed by atoms with Crippen LogP contribution in [0.4, 0.5) is 20.8 Å². The number of aliphatic hydroxyl groups is 3. The number of halogens is 1. The summed E-state index contributed by atoms with van der Waals surface area (Å²) in [4.78, 5) is 46.1. The summed E-state index contributed by atoms with van der Waals surface area (Å²) in [5.41, 5.74) is 3.86. The molecule has 4 aromatic rings. The smallest absolute Gasteiger partial charge is 0.407 e. The minimum absolute atomic E-state index is 0.0573. The molecule has 0 spiro atoms. The number of carbonyl (C=O) groups is 2. The molecule has 17 heteroatoms. The van der Waals surface area contributed by atoms with E-state index in [-0.39, 0.29) is 41.6 Å². The van der Waals surface area contributed by atoms with Gasteiger partial charge in [-0.2, -0.15) is 5.10 Å². The number of imidazole rings is 1. The predicted octanol–water partition coefficient (Wildman–Crippen LogP) is -0.00690. The van der Waals surface area contributed by atoms with Crippen LogP contribution in [-0.2, 0) is 21.2 Å². The van der Waals surface area contributed by atoms with Gasteiger partial charge in [0.2, 0.25) is 5.91 Å². The highest BCUT2D eigenvalue weighted by Gasteiger charge is 2.53. The Kier molecular flexibility index (Phi) is 6.39. The molecule has 6 rings (SSSR count). The van der Waals surface area contributed by atoms with E-state index in [2.05, 4.69) is 30.4 Å². The molecule has 7 N–H and O–H groups in total. The largest absolute Gasteiger partial charge is 0.453 e. The molecular formula is C25H28FN9O7. The van der Waals surface area contributed by atoms with Crippen molar-refractivity contribution in [2.24, 2.45) is 5.73 Å². The fourth-order valence-electron chi connectivity index (χ4n) is 5.95. The summed E-state index contributed by atoms with van der Waals surface area (Å²) >= 11 is 0. The molecule has 2 aliphatic rings. The molecule has 2 aliphatic carbocycles. The zero-order valence-corrected chi connectivity index (χ0v) is 22.3. The van der Waals surface area contributed by atoms with Gasteiger partial charge >= 0.3 is 17.9 Å². The maximum Gasteiger partial charge on any atom is 0.407 e. The number of carbonyl (C=O) groups excluding carboxylic acids is 2. The number of anilines is 2. The number of pyridine rings is 2. The number of aromatic nitrogens is 6. The van der Waals surface area contributed by atoms with Gasteiger partial charge in [0, 0.05) is 36.4 Å². The van der Waals surface area contributed by atoms with Crippen molar-refractivity contribution in [2.75, 3.05) is 12.4 Å². The van der Waals surface area contributed by atoms with Crippen LogP contribution in [0.25, 0.3) is 22.1 Å². The third-order valence-electron chi connectivity index (χ3n) is 7.99. The molecule has 0 bridgehead atoms. The summed E-state index contributed by atoms with van der Waals surface area (Å²) in [5, 5.41) is 40.4. The zero-order valence-electron chi connectivity index (χ0n) is 22.3. The molecule has 42 heavy (non-hydrogen) atoms. The highest BCUT2D eigenvalue weighted by atomic mass is 19.1. The van der Waals surface area contributed by atoms with E-state index in [4.69, 9.17) is 5.73 Å². The topological polar surface area (TPSA) is 225 Å². The van der Waals surface area contributed by atoms with Gasteiger partial charge in [-0.05, 0) is 31.4 Å². The van der Waals surface area contributed by atoms with E-state index in [1.165, 1.54) is 34.8 Å². The van der Waals surface area contributed by atoms with Crippen LogP contribution in [-0.4, -0.2) is 75.5 Å². The number of hydrogen-bond acceptors (Lipinski definition) is 11. The fraction of sp³-hybridized carbons (Fsp3) is 0.440. The van der Waals surface area contributed by atoms with Crippen LogP contribution in [0.3, 0.4) is 0 Å². The maximum atomic E-state index is 13.8. The van der Waals surface area contributed by atoms with Gasteiger partial charge in [-0.25, -0.2) is 33.2 Å². The van der Waals surface area contributed by atoms with Crippen LogP contribution in [0.1, 0.15) is 38.1 Å². The molecule has 2 saturated carbocycles.